The molecule has 0 amide bonds. The van der Waals surface area contributed by atoms with Crippen LogP contribution in [-0.4, -0.2) is 26.8 Å². The van der Waals surface area contributed by atoms with Crippen molar-refractivity contribution < 1.29 is 12.8 Å². The number of hydrogen-bond acceptors (Lipinski definition) is 4. The lowest BCUT2D eigenvalue weighted by Crippen LogP contribution is -2.21. The van der Waals surface area contributed by atoms with Crippen LogP contribution in [0.4, 0.5) is 5.69 Å². The summed E-state index contributed by atoms with van der Waals surface area (Å²) in [6.07, 6.45) is 0. The van der Waals surface area contributed by atoms with E-state index in [4.69, 9.17) is 4.42 Å². The van der Waals surface area contributed by atoms with Crippen LogP contribution in [0.25, 0.3) is 0 Å². The Kier molecular flexibility index (Phi) is 4.39. The largest absolute Gasteiger partial charge is 0.446 e. The molecule has 1 aromatic heterocycles. The van der Waals surface area contributed by atoms with Gasteiger partial charge in [0.2, 0.25) is 5.09 Å². The number of rotatable bonds is 5. The predicted octanol–water partition coefficient (Wildman–Crippen LogP) is 2.76. The van der Waals surface area contributed by atoms with Gasteiger partial charge < -0.3 is 9.73 Å². The highest BCUT2D eigenvalue weighted by molar-refractivity contribution is 7.88. The normalized spacial score (nSPS) is 11.9. The number of nitrogens with zero attached hydrogens (tertiary/aromatic N) is 1. The molecule has 5 nitrogen and oxygen atoms in total. The van der Waals surface area contributed by atoms with E-state index >= 15 is 0 Å². The first-order valence-electron chi connectivity index (χ1n) is 6.62. The molecule has 6 heteroatoms. The van der Waals surface area contributed by atoms with Crippen LogP contribution in [0.5, 0.6) is 0 Å². The van der Waals surface area contributed by atoms with Crippen LogP contribution < -0.4 is 5.32 Å². The fourth-order valence-corrected chi connectivity index (χ4v) is 2.85. The van der Waals surface area contributed by atoms with E-state index in [0.29, 0.717) is 12.3 Å². The van der Waals surface area contributed by atoms with Gasteiger partial charge in [0.05, 0.1) is 6.54 Å². The van der Waals surface area contributed by atoms with Crippen molar-refractivity contribution in [3.8, 4) is 0 Å². The van der Waals surface area contributed by atoms with E-state index in [1.165, 1.54) is 31.3 Å². The summed E-state index contributed by atoms with van der Waals surface area (Å²) in [5.41, 5.74) is 3.33. The third-order valence-corrected chi connectivity index (χ3v) is 4.75. The zero-order valence-corrected chi connectivity index (χ0v) is 13.5. The van der Waals surface area contributed by atoms with Gasteiger partial charge in [-0.15, -0.1) is 0 Å². The lowest BCUT2D eigenvalue weighted by Gasteiger charge is -2.09. The van der Waals surface area contributed by atoms with E-state index in [0.717, 1.165) is 9.99 Å². The quantitative estimate of drug-likeness (QED) is 0.922. The minimum atomic E-state index is -3.51. The molecule has 1 aromatic carbocycles. The van der Waals surface area contributed by atoms with Crippen molar-refractivity contribution in [3.63, 3.8) is 0 Å². The van der Waals surface area contributed by atoms with E-state index < -0.39 is 10.0 Å². The second-order valence-electron chi connectivity index (χ2n) is 5.24. The van der Waals surface area contributed by atoms with E-state index in [1.807, 2.05) is 26.0 Å². The van der Waals surface area contributed by atoms with E-state index in [-0.39, 0.29) is 5.09 Å². The molecule has 0 spiro atoms. The van der Waals surface area contributed by atoms with Gasteiger partial charge in [0.25, 0.3) is 10.0 Å². The Labute approximate surface area is 125 Å². The number of benzene rings is 1. The fourth-order valence-electron chi connectivity index (χ4n) is 2.04. The topological polar surface area (TPSA) is 62.6 Å². The molecule has 1 N–H and O–H groups in total. The second kappa shape index (κ2) is 5.91. The molecule has 0 radical (unpaired) electrons. The molecule has 0 saturated heterocycles. The summed E-state index contributed by atoms with van der Waals surface area (Å²) in [7, 11) is -0.559. The van der Waals surface area contributed by atoms with Crippen molar-refractivity contribution >= 4 is 15.7 Å². The second-order valence-corrected chi connectivity index (χ2v) is 7.32. The molecule has 0 bridgehead atoms. The molecule has 0 atom stereocenters. The molecule has 0 aliphatic rings. The van der Waals surface area contributed by atoms with Gasteiger partial charge in [-0.3, -0.25) is 0 Å². The van der Waals surface area contributed by atoms with E-state index in [9.17, 15) is 8.42 Å². The van der Waals surface area contributed by atoms with E-state index in [1.54, 1.807) is 6.07 Å². The van der Waals surface area contributed by atoms with Gasteiger partial charge >= 0.3 is 0 Å². The molecule has 0 fully saturated rings. The van der Waals surface area contributed by atoms with Crippen LogP contribution in [0.15, 0.2) is 39.8 Å². The predicted molar refractivity (Wildman–Crippen MR) is 82.8 cm³/mol. The molecule has 0 aliphatic carbocycles. The van der Waals surface area contributed by atoms with Gasteiger partial charge in [-0.1, -0.05) is 6.07 Å². The minimum Gasteiger partial charge on any atom is -0.446 e. The molecule has 21 heavy (non-hydrogen) atoms. The third-order valence-electron chi connectivity index (χ3n) is 3.06. The first-order chi connectivity index (χ1) is 9.79. The van der Waals surface area contributed by atoms with Crippen LogP contribution in [0.3, 0.4) is 0 Å². The first-order valence-corrected chi connectivity index (χ1v) is 8.06. The van der Waals surface area contributed by atoms with Crippen LogP contribution in [0, 0.1) is 13.8 Å². The van der Waals surface area contributed by atoms with Crippen LogP contribution in [0.1, 0.15) is 16.9 Å². The first kappa shape index (κ1) is 15.6. The fraction of sp³-hybridized carbons (Fsp3) is 0.333. The van der Waals surface area contributed by atoms with Crippen molar-refractivity contribution in [1.29, 1.82) is 0 Å². The monoisotopic (exact) mass is 308 g/mol. The minimum absolute atomic E-state index is 0.0373. The Balaban J connectivity index is 2.10. The van der Waals surface area contributed by atoms with Gasteiger partial charge in [-0.05, 0) is 49.2 Å². The van der Waals surface area contributed by atoms with Crippen molar-refractivity contribution in [2.75, 3.05) is 19.4 Å². The van der Waals surface area contributed by atoms with Crippen molar-refractivity contribution in [3.05, 3.63) is 47.2 Å². The SMILES string of the molecule is Cc1cc(C)cc(NCc2ccc(S(=O)(=O)N(C)C)o2)c1. The summed E-state index contributed by atoms with van der Waals surface area (Å²) in [4.78, 5) is 0. The number of sulfonamides is 1. The number of aryl methyl sites for hydroxylation is 2. The maximum absolute atomic E-state index is 11.9. The molecule has 0 saturated carbocycles. The Morgan fingerprint density at radius 1 is 1.10 bits per heavy atom. The van der Waals surface area contributed by atoms with Crippen LogP contribution >= 0.6 is 0 Å². The molecular weight excluding hydrogens is 288 g/mol. The van der Waals surface area contributed by atoms with Gasteiger partial charge in [-0.2, -0.15) is 0 Å². The molecule has 1 heterocycles. The zero-order valence-electron chi connectivity index (χ0n) is 12.7. The molecule has 0 unspecified atom stereocenters. The number of furan rings is 1. The number of nitrogens with one attached hydrogen (secondary N) is 1. The maximum Gasteiger partial charge on any atom is 0.275 e. The van der Waals surface area contributed by atoms with Gasteiger partial charge in [0, 0.05) is 19.8 Å². The summed E-state index contributed by atoms with van der Waals surface area (Å²) in [6, 6.07) is 9.32. The van der Waals surface area contributed by atoms with Crippen molar-refractivity contribution in [2.45, 2.75) is 25.5 Å². The number of anilines is 1. The van der Waals surface area contributed by atoms with Gasteiger partial charge in [0.1, 0.15) is 5.76 Å². The molecule has 2 aromatic rings. The summed E-state index contributed by atoms with van der Waals surface area (Å²) in [5, 5.41) is 3.20. The highest BCUT2D eigenvalue weighted by atomic mass is 32.2. The smallest absolute Gasteiger partial charge is 0.275 e. The molecule has 0 aliphatic heterocycles. The Bertz CT molecular complexity index is 713. The van der Waals surface area contributed by atoms with Gasteiger partial charge in [0.15, 0.2) is 0 Å². The third kappa shape index (κ3) is 3.65. The molecular formula is C15H20N2O3S. The average molecular weight is 308 g/mol. The average Bonchev–Trinajstić information content (AvgIpc) is 2.84. The maximum atomic E-state index is 11.9. The van der Waals surface area contributed by atoms with Crippen molar-refractivity contribution in [1.82, 2.24) is 4.31 Å². The summed E-state index contributed by atoms with van der Waals surface area (Å²) in [5.74, 6) is 0.578. The van der Waals surface area contributed by atoms with E-state index in [2.05, 4.69) is 11.4 Å². The Hall–Kier alpha value is -1.79. The summed E-state index contributed by atoms with van der Waals surface area (Å²) >= 11 is 0. The zero-order chi connectivity index (χ0) is 15.6. The molecule has 2 rings (SSSR count). The lowest BCUT2D eigenvalue weighted by molar-refractivity contribution is 0.402. The summed E-state index contributed by atoms with van der Waals surface area (Å²) in [6.45, 7) is 4.51. The summed E-state index contributed by atoms with van der Waals surface area (Å²) < 4.78 is 30.4. The number of hydrogen-bond donors (Lipinski definition) is 1. The van der Waals surface area contributed by atoms with Crippen LogP contribution in [0.2, 0.25) is 0 Å². The highest BCUT2D eigenvalue weighted by Crippen LogP contribution is 2.19. The van der Waals surface area contributed by atoms with Gasteiger partial charge in [-0.25, -0.2) is 12.7 Å². The highest BCUT2D eigenvalue weighted by Gasteiger charge is 2.21. The van der Waals surface area contributed by atoms with Crippen LogP contribution in [-0.2, 0) is 16.6 Å². The lowest BCUT2D eigenvalue weighted by atomic mass is 10.1. The van der Waals surface area contributed by atoms with Crippen molar-refractivity contribution in [2.24, 2.45) is 0 Å². The molecule has 114 valence electrons. The Morgan fingerprint density at radius 2 is 1.71 bits per heavy atom. The Morgan fingerprint density at radius 3 is 2.29 bits per heavy atom. The standard InChI is InChI=1S/C15H20N2O3S/c1-11-7-12(2)9-13(8-11)16-10-14-5-6-15(20-14)21(18,19)17(3)4/h5-9,16H,10H2,1-4H3.